The molecule has 24 heavy (non-hydrogen) atoms. The predicted molar refractivity (Wildman–Crippen MR) is 80.0 cm³/mol. The lowest BCUT2D eigenvalue weighted by Gasteiger charge is -2.12. The molecule has 0 aliphatic rings. The van der Waals surface area contributed by atoms with Crippen LogP contribution in [0.15, 0.2) is 52.3 Å². The van der Waals surface area contributed by atoms with E-state index in [4.69, 9.17) is 5.11 Å². The summed E-state index contributed by atoms with van der Waals surface area (Å²) in [5, 5.41) is 19.3. The van der Waals surface area contributed by atoms with E-state index in [2.05, 4.69) is 0 Å². The van der Waals surface area contributed by atoms with Gasteiger partial charge in [-0.1, -0.05) is 23.9 Å². The zero-order valence-corrected chi connectivity index (χ0v) is 12.7. The van der Waals surface area contributed by atoms with E-state index in [-0.39, 0.29) is 11.3 Å². The number of halogens is 3. The van der Waals surface area contributed by atoms with Crippen LogP contribution in [0.4, 0.5) is 18.9 Å². The minimum Gasteiger partial charge on any atom is -0.481 e. The van der Waals surface area contributed by atoms with Crippen molar-refractivity contribution in [1.82, 2.24) is 0 Å². The zero-order valence-electron chi connectivity index (χ0n) is 11.9. The summed E-state index contributed by atoms with van der Waals surface area (Å²) in [6, 6.07) is 8.59. The van der Waals surface area contributed by atoms with Crippen LogP contribution < -0.4 is 0 Å². The first-order valence-electron chi connectivity index (χ1n) is 6.51. The standard InChI is InChI=1S/C15H10F3NO4S/c16-15(17,18)12-8-10(19(22)23)3-6-13(12)24-11-4-1-9(2-5-11)7-14(20)21/h1-6,8H,7H2,(H,20,21). The molecule has 5 nitrogen and oxygen atoms in total. The summed E-state index contributed by atoms with van der Waals surface area (Å²) in [4.78, 5) is 20.7. The van der Waals surface area contributed by atoms with Crippen molar-refractivity contribution in [2.75, 3.05) is 0 Å². The summed E-state index contributed by atoms with van der Waals surface area (Å²) in [7, 11) is 0. The van der Waals surface area contributed by atoms with Crippen molar-refractivity contribution in [2.24, 2.45) is 0 Å². The maximum atomic E-state index is 13.1. The molecule has 9 heteroatoms. The molecule has 0 heterocycles. The van der Waals surface area contributed by atoms with Crippen molar-refractivity contribution in [2.45, 2.75) is 22.4 Å². The molecular weight excluding hydrogens is 347 g/mol. The molecule has 0 saturated carbocycles. The summed E-state index contributed by atoms with van der Waals surface area (Å²) in [5.74, 6) is -1.01. The number of aliphatic carboxylic acids is 1. The molecule has 0 aromatic heterocycles. The Balaban J connectivity index is 2.31. The van der Waals surface area contributed by atoms with Gasteiger partial charge in [0.2, 0.25) is 0 Å². The van der Waals surface area contributed by atoms with E-state index in [1.54, 1.807) is 0 Å². The summed E-state index contributed by atoms with van der Waals surface area (Å²) in [6.07, 6.45) is -4.91. The molecule has 0 bridgehead atoms. The van der Waals surface area contributed by atoms with Gasteiger partial charge < -0.3 is 5.11 Å². The Morgan fingerprint density at radius 1 is 1.17 bits per heavy atom. The highest BCUT2D eigenvalue weighted by Gasteiger charge is 2.35. The second-order valence-corrected chi connectivity index (χ2v) is 5.87. The van der Waals surface area contributed by atoms with Gasteiger partial charge in [0, 0.05) is 21.9 Å². The van der Waals surface area contributed by atoms with Crippen LogP contribution >= 0.6 is 11.8 Å². The first-order chi connectivity index (χ1) is 11.2. The van der Waals surface area contributed by atoms with Crippen LogP contribution in [-0.2, 0) is 17.4 Å². The third-order valence-electron chi connectivity index (χ3n) is 2.99. The number of carbonyl (C=O) groups is 1. The quantitative estimate of drug-likeness (QED) is 0.634. The molecule has 1 N–H and O–H groups in total. The van der Waals surface area contributed by atoms with Crippen LogP contribution in [0.2, 0.25) is 0 Å². The fourth-order valence-electron chi connectivity index (χ4n) is 1.92. The highest BCUT2D eigenvalue weighted by Crippen LogP contribution is 2.41. The molecule has 0 atom stereocenters. The molecule has 0 unspecified atom stereocenters. The minimum absolute atomic E-state index is 0.168. The largest absolute Gasteiger partial charge is 0.481 e. The number of hydrogen-bond donors (Lipinski definition) is 1. The number of nitrogens with zero attached hydrogens (tertiary/aromatic N) is 1. The minimum atomic E-state index is -4.72. The smallest absolute Gasteiger partial charge is 0.417 e. The molecule has 0 radical (unpaired) electrons. The van der Waals surface area contributed by atoms with E-state index < -0.39 is 28.3 Å². The second-order valence-electron chi connectivity index (χ2n) is 4.75. The van der Waals surface area contributed by atoms with Gasteiger partial charge in [-0.2, -0.15) is 13.2 Å². The van der Waals surface area contributed by atoms with E-state index in [9.17, 15) is 28.1 Å². The Morgan fingerprint density at radius 3 is 2.29 bits per heavy atom. The Hall–Kier alpha value is -2.55. The second kappa shape index (κ2) is 6.91. The van der Waals surface area contributed by atoms with Crippen molar-refractivity contribution < 1.29 is 28.0 Å². The van der Waals surface area contributed by atoms with Crippen molar-refractivity contribution in [3.63, 3.8) is 0 Å². The average Bonchev–Trinajstić information content (AvgIpc) is 2.48. The zero-order chi connectivity index (χ0) is 17.9. The van der Waals surface area contributed by atoms with Crippen molar-refractivity contribution in [3.05, 3.63) is 63.7 Å². The van der Waals surface area contributed by atoms with Crippen LogP contribution in [-0.4, -0.2) is 16.0 Å². The molecule has 2 aromatic rings. The Morgan fingerprint density at radius 2 is 1.79 bits per heavy atom. The van der Waals surface area contributed by atoms with Gasteiger partial charge in [0.15, 0.2) is 0 Å². The van der Waals surface area contributed by atoms with Crippen LogP contribution in [0.1, 0.15) is 11.1 Å². The Bertz CT molecular complexity index is 775. The van der Waals surface area contributed by atoms with Gasteiger partial charge in [-0.3, -0.25) is 14.9 Å². The summed E-state index contributed by atoms with van der Waals surface area (Å²) < 4.78 is 39.3. The lowest BCUT2D eigenvalue weighted by Crippen LogP contribution is -2.07. The molecule has 0 saturated heterocycles. The number of nitro groups is 1. The van der Waals surface area contributed by atoms with E-state index >= 15 is 0 Å². The monoisotopic (exact) mass is 357 g/mol. The number of nitro benzene ring substituents is 1. The lowest BCUT2D eigenvalue weighted by molar-refractivity contribution is -0.385. The van der Waals surface area contributed by atoms with E-state index in [0.717, 1.165) is 23.9 Å². The number of carboxylic acid groups (broad SMARTS) is 1. The van der Waals surface area contributed by atoms with Gasteiger partial charge in [0.25, 0.3) is 5.69 Å². The first-order valence-corrected chi connectivity index (χ1v) is 7.32. The number of carboxylic acids is 1. The van der Waals surface area contributed by atoms with Gasteiger partial charge in [-0.15, -0.1) is 0 Å². The normalized spacial score (nSPS) is 11.3. The van der Waals surface area contributed by atoms with Crippen LogP contribution in [0, 0.1) is 10.1 Å². The van der Waals surface area contributed by atoms with Gasteiger partial charge >= 0.3 is 12.1 Å². The van der Waals surface area contributed by atoms with E-state index in [0.29, 0.717) is 16.5 Å². The van der Waals surface area contributed by atoms with Crippen molar-refractivity contribution in [1.29, 1.82) is 0 Å². The number of benzene rings is 2. The molecule has 2 rings (SSSR count). The molecule has 126 valence electrons. The molecular formula is C15H10F3NO4S. The molecule has 2 aromatic carbocycles. The Kier molecular flexibility index (Phi) is 5.13. The SMILES string of the molecule is O=C(O)Cc1ccc(Sc2ccc([N+](=O)[O-])cc2C(F)(F)F)cc1. The molecule has 0 amide bonds. The number of non-ortho nitro benzene ring substituents is 1. The fraction of sp³-hybridized carbons (Fsp3) is 0.133. The number of rotatable bonds is 5. The number of hydrogen-bond acceptors (Lipinski definition) is 4. The average molecular weight is 357 g/mol. The van der Waals surface area contributed by atoms with Gasteiger partial charge in [-0.05, 0) is 23.8 Å². The topological polar surface area (TPSA) is 80.4 Å². The summed E-state index contributed by atoms with van der Waals surface area (Å²) in [6.45, 7) is 0. The first kappa shape index (κ1) is 17.8. The van der Waals surface area contributed by atoms with Gasteiger partial charge in [0.05, 0.1) is 16.9 Å². The lowest BCUT2D eigenvalue weighted by atomic mass is 10.2. The highest BCUT2D eigenvalue weighted by molar-refractivity contribution is 7.99. The van der Waals surface area contributed by atoms with Gasteiger partial charge in [-0.25, -0.2) is 0 Å². The van der Waals surface area contributed by atoms with Crippen LogP contribution in [0.3, 0.4) is 0 Å². The molecule has 0 aliphatic carbocycles. The van der Waals surface area contributed by atoms with Crippen molar-refractivity contribution in [3.8, 4) is 0 Å². The van der Waals surface area contributed by atoms with Crippen LogP contribution in [0.5, 0.6) is 0 Å². The van der Waals surface area contributed by atoms with E-state index in [1.165, 1.54) is 24.3 Å². The Labute approximate surface area is 138 Å². The maximum Gasteiger partial charge on any atom is 0.417 e. The van der Waals surface area contributed by atoms with Crippen LogP contribution in [0.25, 0.3) is 0 Å². The third kappa shape index (κ3) is 4.48. The molecule has 0 aliphatic heterocycles. The highest BCUT2D eigenvalue weighted by atomic mass is 32.2. The van der Waals surface area contributed by atoms with E-state index in [1.807, 2.05) is 0 Å². The summed E-state index contributed by atoms with van der Waals surface area (Å²) in [5.41, 5.74) is -1.20. The molecule has 0 spiro atoms. The number of alkyl halides is 3. The molecule has 0 fully saturated rings. The fourth-order valence-corrected chi connectivity index (χ4v) is 2.87. The predicted octanol–water partition coefficient (Wildman–Crippen LogP) is 4.39. The maximum absolute atomic E-state index is 13.1. The summed E-state index contributed by atoms with van der Waals surface area (Å²) >= 11 is 0.799. The van der Waals surface area contributed by atoms with Gasteiger partial charge in [0.1, 0.15) is 0 Å². The van der Waals surface area contributed by atoms with Crippen molar-refractivity contribution >= 4 is 23.4 Å². The third-order valence-corrected chi connectivity index (χ3v) is 4.07.